The van der Waals surface area contributed by atoms with E-state index in [4.69, 9.17) is 0 Å². The van der Waals surface area contributed by atoms with Gasteiger partial charge in [0.1, 0.15) is 0 Å². The van der Waals surface area contributed by atoms with Crippen LogP contribution in [-0.2, 0) is 10.7 Å². The van der Waals surface area contributed by atoms with Gasteiger partial charge in [0, 0.05) is 18.3 Å². The largest absolute Gasteiger partial charge is 0.385 e. The number of rotatable bonds is 3. The number of benzene rings is 1. The van der Waals surface area contributed by atoms with Crippen molar-refractivity contribution in [1.29, 1.82) is 0 Å². The molecule has 0 bridgehead atoms. The van der Waals surface area contributed by atoms with Crippen molar-refractivity contribution in [3.05, 3.63) is 24.3 Å². The molecule has 0 aliphatic heterocycles. The molecule has 1 radical (unpaired) electrons. The highest BCUT2D eigenvalue weighted by Gasteiger charge is 1.94. The van der Waals surface area contributed by atoms with E-state index in [0.717, 1.165) is 12.2 Å². The third kappa shape index (κ3) is 2.23. The van der Waals surface area contributed by atoms with Crippen molar-refractivity contribution in [2.24, 2.45) is 0 Å². The zero-order valence-electron chi connectivity index (χ0n) is 6.70. The van der Waals surface area contributed by atoms with E-state index in [1.807, 2.05) is 6.92 Å². The van der Waals surface area contributed by atoms with Crippen molar-refractivity contribution >= 4 is 16.4 Å². The van der Waals surface area contributed by atoms with E-state index in [9.17, 15) is 8.42 Å². The molecular weight excluding hydrogens is 174 g/mol. The van der Waals surface area contributed by atoms with Crippen LogP contribution < -0.4 is 5.32 Å². The van der Waals surface area contributed by atoms with Gasteiger partial charge in [0.15, 0.2) is 10.7 Å². The van der Waals surface area contributed by atoms with Crippen molar-refractivity contribution in [2.75, 3.05) is 11.9 Å². The molecule has 0 saturated heterocycles. The normalized spacial score (nSPS) is 10.2. The smallest absolute Gasteiger partial charge is 0.168 e. The Morgan fingerprint density at radius 1 is 1.50 bits per heavy atom. The van der Waals surface area contributed by atoms with Crippen LogP contribution in [0.5, 0.6) is 0 Å². The molecule has 1 N–H and O–H groups in total. The summed E-state index contributed by atoms with van der Waals surface area (Å²) in [4.78, 5) is 0.298. The third-order valence-corrected chi connectivity index (χ3v) is 2.07. The van der Waals surface area contributed by atoms with Crippen molar-refractivity contribution in [3.8, 4) is 0 Å². The van der Waals surface area contributed by atoms with Crippen LogP contribution in [0, 0.1) is 6.07 Å². The van der Waals surface area contributed by atoms with E-state index < -0.39 is 10.7 Å². The molecule has 0 aromatic heterocycles. The van der Waals surface area contributed by atoms with Gasteiger partial charge in [-0.25, -0.2) is 8.42 Å². The van der Waals surface area contributed by atoms with Crippen molar-refractivity contribution < 1.29 is 8.42 Å². The molecule has 0 aliphatic carbocycles. The molecule has 0 spiro atoms. The number of hydrogen-bond acceptors (Lipinski definition) is 3. The Kier molecular flexibility index (Phi) is 3.10. The Labute approximate surface area is 73.4 Å². The number of hydrogen-bond donors (Lipinski definition) is 2. The zero-order valence-corrected chi connectivity index (χ0v) is 7.60. The summed E-state index contributed by atoms with van der Waals surface area (Å²) in [5.74, 6) is 0. The highest BCUT2D eigenvalue weighted by atomic mass is 32.2. The Morgan fingerprint density at radius 2 is 2.25 bits per heavy atom. The maximum Gasteiger partial charge on any atom is 0.168 e. The first kappa shape index (κ1) is 9.06. The molecule has 1 aromatic carbocycles. The van der Waals surface area contributed by atoms with Crippen LogP contribution in [0.2, 0.25) is 0 Å². The summed E-state index contributed by atoms with van der Waals surface area (Å²) >= 11 is 0. The summed E-state index contributed by atoms with van der Waals surface area (Å²) in [6, 6.07) is 7.54. The predicted molar refractivity (Wildman–Crippen MR) is 48.0 cm³/mol. The molecule has 1 aromatic rings. The molecular formula is C8H10NO2S. The quantitative estimate of drug-likeness (QED) is 0.686. The van der Waals surface area contributed by atoms with E-state index in [-0.39, 0.29) is 0 Å². The third-order valence-electron chi connectivity index (χ3n) is 1.37. The summed E-state index contributed by atoms with van der Waals surface area (Å²) in [6.45, 7) is 2.77. The molecule has 4 heteroatoms. The van der Waals surface area contributed by atoms with E-state index in [2.05, 4.69) is 11.4 Å². The van der Waals surface area contributed by atoms with Gasteiger partial charge in [-0.3, -0.25) is 0 Å². The number of anilines is 1. The highest BCUT2D eigenvalue weighted by Crippen LogP contribution is 2.08. The lowest BCUT2D eigenvalue weighted by molar-refractivity contribution is 0.614. The molecule has 0 unspecified atom stereocenters. The zero-order chi connectivity index (χ0) is 8.97. The maximum absolute atomic E-state index is 10.5. The van der Waals surface area contributed by atoms with Crippen LogP contribution in [0.4, 0.5) is 5.69 Å². The molecule has 0 heterocycles. The summed E-state index contributed by atoms with van der Waals surface area (Å²) < 4.78 is 20.9. The lowest BCUT2D eigenvalue weighted by atomic mass is 10.3. The van der Waals surface area contributed by atoms with Crippen LogP contribution in [0.15, 0.2) is 23.1 Å². The SMILES string of the molecule is CCNc1[c]cc([SH](=O)=O)cc1. The molecule has 0 fully saturated rings. The minimum Gasteiger partial charge on any atom is -0.385 e. The second-order valence-electron chi connectivity index (χ2n) is 2.25. The summed E-state index contributed by atoms with van der Waals surface area (Å²) in [6.07, 6.45) is 0. The van der Waals surface area contributed by atoms with E-state index in [0.29, 0.717) is 4.90 Å². The Bertz CT molecular complexity index is 308. The fourth-order valence-electron chi connectivity index (χ4n) is 0.831. The standard InChI is InChI=1S/C8H10NO2S/c1-2-9-7-3-5-8(6-4-7)12(10)11/h3,5-6,9,12H,2H2,1H3. The fraction of sp³-hybridized carbons (Fsp3) is 0.250. The van der Waals surface area contributed by atoms with Crippen LogP contribution in [-0.4, -0.2) is 15.0 Å². The Hall–Kier alpha value is -1.03. The minimum atomic E-state index is -2.48. The van der Waals surface area contributed by atoms with Crippen molar-refractivity contribution in [2.45, 2.75) is 11.8 Å². The van der Waals surface area contributed by atoms with Gasteiger partial charge in [-0.15, -0.1) is 0 Å². The summed E-state index contributed by atoms with van der Waals surface area (Å²) in [5.41, 5.74) is 0.818. The second-order valence-corrected chi connectivity index (χ2v) is 3.28. The van der Waals surface area contributed by atoms with Crippen LogP contribution >= 0.6 is 0 Å². The van der Waals surface area contributed by atoms with Gasteiger partial charge in [0.2, 0.25) is 0 Å². The number of nitrogens with one attached hydrogen (secondary N) is 1. The highest BCUT2D eigenvalue weighted by molar-refractivity contribution is 7.72. The van der Waals surface area contributed by atoms with Crippen LogP contribution in [0.3, 0.4) is 0 Å². The average Bonchev–Trinajstić information content (AvgIpc) is 2.06. The maximum atomic E-state index is 10.5. The second kappa shape index (κ2) is 4.11. The van der Waals surface area contributed by atoms with Crippen molar-refractivity contribution in [3.63, 3.8) is 0 Å². The first-order valence-electron chi connectivity index (χ1n) is 3.64. The molecule has 0 saturated carbocycles. The Morgan fingerprint density at radius 3 is 2.67 bits per heavy atom. The number of thiol groups is 1. The average molecular weight is 184 g/mol. The molecule has 0 aliphatic rings. The fourth-order valence-corrected chi connectivity index (χ4v) is 1.20. The van der Waals surface area contributed by atoms with E-state index in [1.54, 1.807) is 12.1 Å². The van der Waals surface area contributed by atoms with Gasteiger partial charge < -0.3 is 5.32 Å². The van der Waals surface area contributed by atoms with Gasteiger partial charge in [0.05, 0.1) is 4.90 Å². The van der Waals surface area contributed by atoms with Crippen molar-refractivity contribution in [1.82, 2.24) is 0 Å². The first-order chi connectivity index (χ1) is 5.74. The van der Waals surface area contributed by atoms with Gasteiger partial charge in [-0.1, -0.05) is 0 Å². The monoisotopic (exact) mass is 184 g/mol. The van der Waals surface area contributed by atoms with E-state index in [1.165, 1.54) is 6.07 Å². The molecule has 0 amide bonds. The molecule has 0 atom stereocenters. The van der Waals surface area contributed by atoms with Gasteiger partial charge >= 0.3 is 0 Å². The van der Waals surface area contributed by atoms with Crippen LogP contribution in [0.1, 0.15) is 6.92 Å². The topological polar surface area (TPSA) is 46.2 Å². The Balaban J connectivity index is 2.85. The lowest BCUT2D eigenvalue weighted by Gasteiger charge is -2.00. The predicted octanol–water partition coefficient (Wildman–Crippen LogP) is 0.889. The first-order valence-corrected chi connectivity index (χ1v) is 4.81. The van der Waals surface area contributed by atoms with Gasteiger partial charge in [-0.05, 0) is 25.1 Å². The van der Waals surface area contributed by atoms with Gasteiger partial charge in [0.25, 0.3) is 0 Å². The summed E-state index contributed by atoms with van der Waals surface area (Å²) in [7, 11) is -2.48. The lowest BCUT2D eigenvalue weighted by Crippen LogP contribution is -1.96. The summed E-state index contributed by atoms with van der Waals surface area (Å²) in [5, 5.41) is 3.02. The molecule has 65 valence electrons. The van der Waals surface area contributed by atoms with Gasteiger partial charge in [-0.2, -0.15) is 0 Å². The molecule has 1 rings (SSSR count). The van der Waals surface area contributed by atoms with Crippen LogP contribution in [0.25, 0.3) is 0 Å². The molecule has 3 nitrogen and oxygen atoms in total. The minimum absolute atomic E-state index is 0.298. The molecule has 12 heavy (non-hydrogen) atoms. The van der Waals surface area contributed by atoms with E-state index >= 15 is 0 Å².